The van der Waals surface area contributed by atoms with Crippen LogP contribution in [0, 0.1) is 6.92 Å². The summed E-state index contributed by atoms with van der Waals surface area (Å²) in [5.74, 6) is 0.687. The van der Waals surface area contributed by atoms with E-state index in [9.17, 15) is 5.11 Å². The number of aromatic nitrogens is 1. The quantitative estimate of drug-likeness (QED) is 0.902. The van der Waals surface area contributed by atoms with Gasteiger partial charge in [-0.05, 0) is 38.6 Å². The first-order chi connectivity index (χ1) is 8.33. The number of likely N-dealkylation sites (N-methyl/N-ethyl adjacent to an activating group) is 1. The monoisotopic (exact) mass is 248 g/mol. The Hall–Kier alpha value is -1.39. The van der Waals surface area contributed by atoms with Crippen molar-refractivity contribution in [2.24, 2.45) is 0 Å². The number of oxazole rings is 1. The van der Waals surface area contributed by atoms with Gasteiger partial charge in [0.05, 0.1) is 5.60 Å². The molecule has 0 fully saturated rings. The van der Waals surface area contributed by atoms with Crippen LogP contribution >= 0.6 is 0 Å². The molecule has 1 N–H and O–H groups in total. The number of nitrogens with zero attached hydrogens (tertiary/aromatic N) is 2. The van der Waals surface area contributed by atoms with E-state index in [0.717, 1.165) is 17.6 Å². The lowest BCUT2D eigenvalue weighted by molar-refractivity contribution is 0.0425. The van der Waals surface area contributed by atoms with Gasteiger partial charge in [-0.2, -0.15) is 0 Å². The molecule has 0 unspecified atom stereocenters. The summed E-state index contributed by atoms with van der Waals surface area (Å²) < 4.78 is 5.44. The summed E-state index contributed by atoms with van der Waals surface area (Å²) in [4.78, 5) is 6.41. The molecule has 18 heavy (non-hydrogen) atoms. The van der Waals surface area contributed by atoms with E-state index in [1.165, 1.54) is 5.56 Å². The molecule has 0 aliphatic rings. The third kappa shape index (κ3) is 3.31. The van der Waals surface area contributed by atoms with Gasteiger partial charge >= 0.3 is 0 Å². The third-order valence-corrected chi connectivity index (χ3v) is 2.67. The van der Waals surface area contributed by atoms with Gasteiger partial charge in [0.1, 0.15) is 5.52 Å². The standard InChI is InChI=1S/C14H20N2O2/c1-10-15-12-7-11(5-6-13(12)18-10)8-16(4)9-14(2,3)17/h5-7,17H,8-9H2,1-4H3. The van der Waals surface area contributed by atoms with E-state index in [4.69, 9.17) is 4.42 Å². The number of hydrogen-bond acceptors (Lipinski definition) is 4. The largest absolute Gasteiger partial charge is 0.441 e. The lowest BCUT2D eigenvalue weighted by Gasteiger charge is -2.25. The van der Waals surface area contributed by atoms with E-state index in [2.05, 4.69) is 9.88 Å². The van der Waals surface area contributed by atoms with Crippen LogP contribution in [0.3, 0.4) is 0 Å². The number of aliphatic hydroxyl groups is 1. The van der Waals surface area contributed by atoms with Crippen molar-refractivity contribution < 1.29 is 9.52 Å². The zero-order valence-corrected chi connectivity index (χ0v) is 11.4. The van der Waals surface area contributed by atoms with Crippen LogP contribution in [0.25, 0.3) is 11.1 Å². The Balaban J connectivity index is 2.11. The maximum Gasteiger partial charge on any atom is 0.192 e. The molecule has 98 valence electrons. The molecule has 0 saturated carbocycles. The van der Waals surface area contributed by atoms with Gasteiger partial charge in [0, 0.05) is 20.0 Å². The predicted octanol–water partition coefficient (Wildman–Crippen LogP) is 2.34. The fourth-order valence-corrected chi connectivity index (χ4v) is 2.21. The van der Waals surface area contributed by atoms with E-state index < -0.39 is 5.60 Å². The van der Waals surface area contributed by atoms with Gasteiger partial charge in [0.25, 0.3) is 0 Å². The number of benzene rings is 1. The fraction of sp³-hybridized carbons (Fsp3) is 0.500. The van der Waals surface area contributed by atoms with Gasteiger partial charge in [0.2, 0.25) is 0 Å². The summed E-state index contributed by atoms with van der Waals surface area (Å²) in [6, 6.07) is 6.02. The van der Waals surface area contributed by atoms with Crippen molar-refractivity contribution in [3.05, 3.63) is 29.7 Å². The zero-order chi connectivity index (χ0) is 13.3. The van der Waals surface area contributed by atoms with Crippen molar-refractivity contribution in [3.8, 4) is 0 Å². The lowest BCUT2D eigenvalue weighted by atomic mass is 10.1. The Bertz CT molecular complexity index is 540. The predicted molar refractivity (Wildman–Crippen MR) is 71.4 cm³/mol. The van der Waals surface area contributed by atoms with Crippen molar-refractivity contribution in [1.82, 2.24) is 9.88 Å². The second-order valence-electron chi connectivity index (χ2n) is 5.52. The summed E-state index contributed by atoms with van der Waals surface area (Å²) in [5.41, 5.74) is 2.20. The Morgan fingerprint density at radius 2 is 2.11 bits per heavy atom. The molecule has 4 heteroatoms. The Labute approximate surface area is 107 Å². The second kappa shape index (κ2) is 4.71. The molecule has 1 aromatic heterocycles. The maximum absolute atomic E-state index is 9.77. The van der Waals surface area contributed by atoms with Gasteiger partial charge in [-0.15, -0.1) is 0 Å². The van der Waals surface area contributed by atoms with Crippen LogP contribution in [0.15, 0.2) is 22.6 Å². The fourth-order valence-electron chi connectivity index (χ4n) is 2.21. The van der Waals surface area contributed by atoms with Crippen LogP contribution in [-0.4, -0.2) is 34.2 Å². The van der Waals surface area contributed by atoms with Crippen molar-refractivity contribution in [3.63, 3.8) is 0 Å². The number of aryl methyl sites for hydroxylation is 1. The zero-order valence-electron chi connectivity index (χ0n) is 11.4. The SMILES string of the molecule is Cc1nc2cc(CN(C)CC(C)(C)O)ccc2o1. The van der Waals surface area contributed by atoms with E-state index in [1.807, 2.05) is 46.0 Å². The van der Waals surface area contributed by atoms with Gasteiger partial charge in [-0.25, -0.2) is 4.98 Å². The minimum absolute atomic E-state index is 0.628. The topological polar surface area (TPSA) is 49.5 Å². The molecular formula is C14H20N2O2. The summed E-state index contributed by atoms with van der Waals surface area (Å²) in [7, 11) is 2.00. The van der Waals surface area contributed by atoms with Crippen LogP contribution in [0.5, 0.6) is 0 Å². The number of hydrogen-bond donors (Lipinski definition) is 1. The van der Waals surface area contributed by atoms with Gasteiger partial charge < -0.3 is 9.52 Å². The first-order valence-corrected chi connectivity index (χ1v) is 6.10. The van der Waals surface area contributed by atoms with Gasteiger partial charge in [-0.3, -0.25) is 4.90 Å². The average Bonchev–Trinajstić information content (AvgIpc) is 2.53. The smallest absolute Gasteiger partial charge is 0.192 e. The highest BCUT2D eigenvalue weighted by Gasteiger charge is 2.15. The van der Waals surface area contributed by atoms with Gasteiger partial charge in [0.15, 0.2) is 11.5 Å². The molecule has 4 nitrogen and oxygen atoms in total. The van der Waals surface area contributed by atoms with Crippen molar-refractivity contribution in [2.45, 2.75) is 32.9 Å². The number of rotatable bonds is 4. The minimum atomic E-state index is -0.677. The Kier molecular flexibility index (Phi) is 3.41. The van der Waals surface area contributed by atoms with Crippen molar-refractivity contribution in [1.29, 1.82) is 0 Å². The first-order valence-electron chi connectivity index (χ1n) is 6.10. The number of fused-ring (bicyclic) bond motifs is 1. The molecule has 0 spiro atoms. The average molecular weight is 248 g/mol. The molecule has 1 aromatic carbocycles. The van der Waals surface area contributed by atoms with Crippen molar-refractivity contribution >= 4 is 11.1 Å². The van der Waals surface area contributed by atoms with Crippen LogP contribution < -0.4 is 0 Å². The highest BCUT2D eigenvalue weighted by Crippen LogP contribution is 2.18. The Morgan fingerprint density at radius 1 is 1.39 bits per heavy atom. The molecule has 2 rings (SSSR count). The lowest BCUT2D eigenvalue weighted by Crippen LogP contribution is -2.35. The molecule has 0 bridgehead atoms. The molecule has 0 radical (unpaired) electrons. The van der Waals surface area contributed by atoms with Gasteiger partial charge in [-0.1, -0.05) is 6.07 Å². The molecule has 1 heterocycles. The normalized spacial score (nSPS) is 12.6. The molecule has 0 amide bonds. The van der Waals surface area contributed by atoms with Crippen LogP contribution in [0.1, 0.15) is 25.3 Å². The highest BCUT2D eigenvalue weighted by atomic mass is 16.3. The van der Waals surface area contributed by atoms with E-state index in [0.29, 0.717) is 12.4 Å². The van der Waals surface area contributed by atoms with E-state index >= 15 is 0 Å². The van der Waals surface area contributed by atoms with E-state index in [-0.39, 0.29) is 0 Å². The van der Waals surface area contributed by atoms with E-state index in [1.54, 1.807) is 0 Å². The summed E-state index contributed by atoms with van der Waals surface area (Å²) in [6.45, 7) is 6.89. The Morgan fingerprint density at radius 3 is 2.78 bits per heavy atom. The maximum atomic E-state index is 9.77. The van der Waals surface area contributed by atoms with Crippen LogP contribution in [0.4, 0.5) is 0 Å². The first kappa shape index (κ1) is 13.1. The van der Waals surface area contributed by atoms with Crippen LogP contribution in [0.2, 0.25) is 0 Å². The van der Waals surface area contributed by atoms with Crippen LogP contribution in [-0.2, 0) is 6.54 Å². The summed E-state index contributed by atoms with van der Waals surface area (Å²) in [5, 5.41) is 9.77. The molecule has 0 aliphatic carbocycles. The molecule has 0 atom stereocenters. The highest BCUT2D eigenvalue weighted by molar-refractivity contribution is 5.73. The van der Waals surface area contributed by atoms with Crippen molar-refractivity contribution in [2.75, 3.05) is 13.6 Å². The minimum Gasteiger partial charge on any atom is -0.441 e. The molecule has 0 saturated heterocycles. The second-order valence-corrected chi connectivity index (χ2v) is 5.52. The summed E-state index contributed by atoms with van der Waals surface area (Å²) >= 11 is 0. The molecular weight excluding hydrogens is 228 g/mol. The third-order valence-electron chi connectivity index (χ3n) is 2.67. The molecule has 2 aromatic rings. The summed E-state index contributed by atoms with van der Waals surface area (Å²) in [6.07, 6.45) is 0. The molecule has 0 aliphatic heterocycles.